The molecule has 0 unspecified atom stereocenters. The van der Waals surface area contributed by atoms with Crippen LogP contribution in [0.15, 0.2) is 29.6 Å². The number of hydrogen-bond acceptors (Lipinski definition) is 5. The molecule has 1 amide bonds. The van der Waals surface area contributed by atoms with Gasteiger partial charge in [0.05, 0.1) is 0 Å². The van der Waals surface area contributed by atoms with Gasteiger partial charge in [0.2, 0.25) is 0 Å². The third kappa shape index (κ3) is 3.33. The van der Waals surface area contributed by atoms with E-state index in [1.807, 2.05) is 24.3 Å². The zero-order valence-corrected chi connectivity index (χ0v) is 11.9. The van der Waals surface area contributed by atoms with Gasteiger partial charge >= 0.3 is 0 Å². The average molecular weight is 292 g/mol. The van der Waals surface area contributed by atoms with E-state index in [4.69, 9.17) is 18.0 Å². The number of carbonyl (C=O) groups is 1. The molecule has 2 rings (SSSR count). The van der Waals surface area contributed by atoms with E-state index in [1.54, 1.807) is 17.3 Å². The Bertz CT molecular complexity index is 598. The van der Waals surface area contributed by atoms with Crippen LogP contribution in [0, 0.1) is 0 Å². The number of thiocarbonyl (C=S) groups is 1. The summed E-state index contributed by atoms with van der Waals surface area (Å²) in [4.78, 5) is 13.9. The molecule has 2 N–H and O–H groups in total. The van der Waals surface area contributed by atoms with Crippen LogP contribution in [0.4, 0.5) is 0 Å². The molecule has 0 spiro atoms. The van der Waals surface area contributed by atoms with Gasteiger partial charge in [0.25, 0.3) is 5.91 Å². The summed E-state index contributed by atoms with van der Waals surface area (Å²) in [6, 6.07) is 7.51. The Morgan fingerprint density at radius 1 is 1.53 bits per heavy atom. The van der Waals surface area contributed by atoms with Crippen molar-refractivity contribution in [1.29, 1.82) is 0 Å². The quantitative estimate of drug-likeness (QED) is 0.863. The highest BCUT2D eigenvalue weighted by Crippen LogP contribution is 2.10. The Morgan fingerprint density at radius 3 is 2.95 bits per heavy atom. The Balaban J connectivity index is 2.10. The molecule has 1 aromatic carbocycles. The van der Waals surface area contributed by atoms with E-state index in [2.05, 4.69) is 9.59 Å². The van der Waals surface area contributed by atoms with E-state index in [0.29, 0.717) is 17.2 Å². The van der Waals surface area contributed by atoms with Crippen LogP contribution in [0.5, 0.6) is 0 Å². The van der Waals surface area contributed by atoms with Crippen LogP contribution in [0.1, 0.15) is 21.6 Å². The molecule has 0 aliphatic rings. The molecule has 0 atom stereocenters. The molecule has 2 aromatic rings. The van der Waals surface area contributed by atoms with Crippen molar-refractivity contribution in [3.8, 4) is 0 Å². The molecule has 7 heteroatoms. The minimum absolute atomic E-state index is 0.158. The molecule has 0 radical (unpaired) electrons. The van der Waals surface area contributed by atoms with Gasteiger partial charge in [-0.1, -0.05) is 34.9 Å². The maximum atomic E-state index is 12.0. The van der Waals surface area contributed by atoms with Crippen LogP contribution >= 0.6 is 23.8 Å². The first-order valence-corrected chi connectivity index (χ1v) is 6.73. The summed E-state index contributed by atoms with van der Waals surface area (Å²) >= 11 is 6.09. The summed E-state index contributed by atoms with van der Waals surface area (Å²) < 4.78 is 3.68. The van der Waals surface area contributed by atoms with E-state index in [0.717, 1.165) is 22.7 Å². The third-order valence-electron chi connectivity index (χ3n) is 2.56. The molecule has 0 saturated heterocycles. The lowest BCUT2D eigenvalue weighted by Crippen LogP contribution is -2.26. The van der Waals surface area contributed by atoms with Gasteiger partial charge in [-0.3, -0.25) is 4.79 Å². The number of aromatic nitrogens is 2. The van der Waals surface area contributed by atoms with Gasteiger partial charge in [-0.25, -0.2) is 0 Å². The molecule has 19 heavy (non-hydrogen) atoms. The normalized spacial score (nSPS) is 10.2. The minimum atomic E-state index is -0.158. The van der Waals surface area contributed by atoms with Crippen molar-refractivity contribution in [3.05, 3.63) is 46.5 Å². The highest BCUT2D eigenvalue weighted by molar-refractivity contribution is 7.80. The van der Waals surface area contributed by atoms with Gasteiger partial charge in [0.1, 0.15) is 4.99 Å². The number of benzene rings is 1. The number of nitrogens with zero attached hydrogens (tertiary/aromatic N) is 3. The van der Waals surface area contributed by atoms with Crippen molar-refractivity contribution in [1.82, 2.24) is 14.5 Å². The van der Waals surface area contributed by atoms with Crippen LogP contribution in [-0.4, -0.2) is 32.4 Å². The second-order valence-corrected chi connectivity index (χ2v) is 5.07. The molecular weight excluding hydrogens is 280 g/mol. The average Bonchev–Trinajstić information content (AvgIpc) is 2.92. The molecule has 0 bridgehead atoms. The van der Waals surface area contributed by atoms with Crippen molar-refractivity contribution in [2.24, 2.45) is 5.73 Å². The standard InChI is InChI=1S/C12H12N4OS2/c1-16(12(17)10-7-19-15-14-10)6-8-3-2-4-9(5-8)11(13)18/h2-5,7H,6H2,1H3,(H2,13,18). The summed E-state index contributed by atoms with van der Waals surface area (Å²) in [5.41, 5.74) is 7.70. The van der Waals surface area contributed by atoms with Crippen LogP contribution in [0.2, 0.25) is 0 Å². The van der Waals surface area contributed by atoms with E-state index >= 15 is 0 Å². The van der Waals surface area contributed by atoms with Crippen molar-refractivity contribution >= 4 is 34.6 Å². The molecule has 1 heterocycles. The second-order valence-electron chi connectivity index (χ2n) is 4.02. The largest absolute Gasteiger partial charge is 0.389 e. The van der Waals surface area contributed by atoms with Gasteiger partial charge in [0, 0.05) is 24.5 Å². The fourth-order valence-corrected chi connectivity index (χ4v) is 2.18. The zero-order valence-electron chi connectivity index (χ0n) is 10.2. The Kier molecular flexibility index (Phi) is 4.18. The van der Waals surface area contributed by atoms with Gasteiger partial charge in [-0.05, 0) is 23.2 Å². The zero-order chi connectivity index (χ0) is 13.8. The minimum Gasteiger partial charge on any atom is -0.389 e. The van der Waals surface area contributed by atoms with Gasteiger partial charge in [-0.2, -0.15) is 0 Å². The van der Waals surface area contributed by atoms with Crippen LogP contribution in [-0.2, 0) is 6.54 Å². The fourth-order valence-electron chi connectivity index (χ4n) is 1.62. The predicted molar refractivity (Wildman–Crippen MR) is 78.0 cm³/mol. The number of rotatable bonds is 4. The molecule has 0 fully saturated rings. The number of carbonyl (C=O) groups excluding carboxylic acids is 1. The highest BCUT2D eigenvalue weighted by atomic mass is 32.1. The molecular formula is C12H12N4OS2. The number of amides is 1. The summed E-state index contributed by atoms with van der Waals surface area (Å²) in [7, 11) is 1.72. The molecule has 0 aliphatic carbocycles. The smallest absolute Gasteiger partial charge is 0.275 e. The molecule has 98 valence electrons. The van der Waals surface area contributed by atoms with E-state index in [-0.39, 0.29) is 5.91 Å². The van der Waals surface area contributed by atoms with Crippen LogP contribution in [0.3, 0.4) is 0 Å². The van der Waals surface area contributed by atoms with Crippen molar-refractivity contribution in [2.45, 2.75) is 6.54 Å². The maximum Gasteiger partial charge on any atom is 0.275 e. The van der Waals surface area contributed by atoms with Crippen LogP contribution in [0.25, 0.3) is 0 Å². The Labute approximate surface area is 120 Å². The first kappa shape index (κ1) is 13.6. The SMILES string of the molecule is CN(Cc1cccc(C(N)=S)c1)C(=O)c1csnn1. The second kappa shape index (κ2) is 5.85. The Morgan fingerprint density at radius 2 is 2.32 bits per heavy atom. The van der Waals surface area contributed by atoms with E-state index < -0.39 is 0 Å². The summed E-state index contributed by atoms with van der Waals surface area (Å²) in [5.74, 6) is -0.158. The van der Waals surface area contributed by atoms with Crippen molar-refractivity contribution < 1.29 is 4.79 Å². The molecule has 0 saturated carbocycles. The summed E-state index contributed by atoms with van der Waals surface area (Å²) in [5, 5.41) is 5.39. The van der Waals surface area contributed by atoms with E-state index in [9.17, 15) is 4.79 Å². The fraction of sp³-hybridized carbons (Fsp3) is 0.167. The summed E-state index contributed by atoms with van der Waals surface area (Å²) in [6.45, 7) is 0.465. The lowest BCUT2D eigenvalue weighted by atomic mass is 10.1. The van der Waals surface area contributed by atoms with Crippen LogP contribution < -0.4 is 5.73 Å². The molecule has 5 nitrogen and oxygen atoms in total. The molecule has 0 aliphatic heterocycles. The number of nitrogens with two attached hydrogens (primary N) is 1. The first-order valence-electron chi connectivity index (χ1n) is 5.49. The Hall–Kier alpha value is -1.86. The first-order chi connectivity index (χ1) is 9.08. The van der Waals surface area contributed by atoms with Gasteiger partial charge in [-0.15, -0.1) is 5.10 Å². The lowest BCUT2D eigenvalue weighted by Gasteiger charge is -2.16. The topological polar surface area (TPSA) is 72.1 Å². The monoisotopic (exact) mass is 292 g/mol. The predicted octanol–water partition coefficient (Wildman–Crippen LogP) is 1.44. The van der Waals surface area contributed by atoms with Crippen molar-refractivity contribution in [2.75, 3.05) is 7.05 Å². The third-order valence-corrected chi connectivity index (χ3v) is 3.30. The molecule has 1 aromatic heterocycles. The lowest BCUT2D eigenvalue weighted by molar-refractivity contribution is 0.0779. The van der Waals surface area contributed by atoms with Gasteiger partial charge < -0.3 is 10.6 Å². The van der Waals surface area contributed by atoms with Crippen molar-refractivity contribution in [3.63, 3.8) is 0 Å². The maximum absolute atomic E-state index is 12.0. The van der Waals surface area contributed by atoms with Gasteiger partial charge in [0.15, 0.2) is 5.69 Å². The number of hydrogen-bond donors (Lipinski definition) is 1. The highest BCUT2D eigenvalue weighted by Gasteiger charge is 2.14. The summed E-state index contributed by atoms with van der Waals surface area (Å²) in [6.07, 6.45) is 0. The van der Waals surface area contributed by atoms with E-state index in [1.165, 1.54) is 0 Å².